The first kappa shape index (κ1) is 19.5. The summed E-state index contributed by atoms with van der Waals surface area (Å²) in [5.74, 6) is -0.199. The summed E-state index contributed by atoms with van der Waals surface area (Å²) in [7, 11) is -3.59. The summed E-state index contributed by atoms with van der Waals surface area (Å²) in [4.78, 5) is 18.4. The number of sulfonamides is 1. The molecule has 1 N–H and O–H groups in total. The lowest BCUT2D eigenvalue weighted by molar-refractivity contribution is -0.132. The van der Waals surface area contributed by atoms with E-state index in [1.807, 2.05) is 44.2 Å². The number of hydrogen-bond donors (Lipinski definition) is 1. The Morgan fingerprint density at radius 2 is 1.86 bits per heavy atom. The van der Waals surface area contributed by atoms with Gasteiger partial charge in [0.1, 0.15) is 6.54 Å². The largest absolute Gasteiger partial charge is 0.356 e. The summed E-state index contributed by atoms with van der Waals surface area (Å²) in [5.41, 5.74) is 4.70. The molecule has 4 rings (SSSR count). The van der Waals surface area contributed by atoms with Crippen LogP contribution < -0.4 is 4.31 Å². The van der Waals surface area contributed by atoms with Gasteiger partial charge in [0.15, 0.2) is 0 Å². The molecular weight excluding hydrogens is 386 g/mol. The van der Waals surface area contributed by atoms with Crippen LogP contribution in [0.3, 0.4) is 0 Å². The number of H-pyrrole nitrogens is 1. The number of amides is 1. The maximum Gasteiger partial charge on any atom is 0.243 e. The number of aromatic nitrogens is 1. The molecule has 0 aliphatic carbocycles. The quantitative estimate of drug-likeness (QED) is 0.715. The molecule has 0 spiro atoms. The van der Waals surface area contributed by atoms with E-state index >= 15 is 0 Å². The van der Waals surface area contributed by atoms with E-state index in [-0.39, 0.29) is 18.5 Å². The van der Waals surface area contributed by atoms with Gasteiger partial charge in [0.05, 0.1) is 18.0 Å². The van der Waals surface area contributed by atoms with Crippen LogP contribution in [-0.2, 0) is 21.2 Å². The van der Waals surface area contributed by atoms with Gasteiger partial charge in [0.2, 0.25) is 15.9 Å². The van der Waals surface area contributed by atoms with Gasteiger partial charge >= 0.3 is 0 Å². The van der Waals surface area contributed by atoms with Crippen LogP contribution in [0.25, 0.3) is 10.9 Å². The molecule has 1 aromatic heterocycles. The van der Waals surface area contributed by atoms with Gasteiger partial charge in [-0.3, -0.25) is 9.10 Å². The molecule has 1 atom stereocenters. The van der Waals surface area contributed by atoms with E-state index in [0.29, 0.717) is 12.2 Å². The van der Waals surface area contributed by atoms with Crippen molar-refractivity contribution in [2.75, 3.05) is 23.7 Å². The van der Waals surface area contributed by atoms with Gasteiger partial charge in [-0.25, -0.2) is 8.42 Å². The highest BCUT2D eigenvalue weighted by Gasteiger charge is 2.32. The summed E-state index contributed by atoms with van der Waals surface area (Å²) in [6.07, 6.45) is 1.89. The number of nitrogens with one attached hydrogen (secondary N) is 1. The van der Waals surface area contributed by atoms with Gasteiger partial charge in [-0.15, -0.1) is 0 Å². The summed E-state index contributed by atoms with van der Waals surface area (Å²) in [5, 5.41) is 1.19. The van der Waals surface area contributed by atoms with Gasteiger partial charge < -0.3 is 9.88 Å². The Balaban J connectivity index is 1.63. The maximum atomic E-state index is 13.2. The molecule has 0 radical (unpaired) electrons. The Bertz CT molecular complexity index is 1180. The number of carbonyl (C=O) groups is 1. The predicted molar refractivity (Wildman–Crippen MR) is 115 cm³/mol. The van der Waals surface area contributed by atoms with Crippen LogP contribution in [0.15, 0.2) is 48.5 Å². The molecule has 1 amide bonds. The van der Waals surface area contributed by atoms with Crippen molar-refractivity contribution in [1.29, 1.82) is 0 Å². The van der Waals surface area contributed by atoms with E-state index < -0.39 is 10.0 Å². The monoisotopic (exact) mass is 411 g/mol. The smallest absolute Gasteiger partial charge is 0.243 e. The molecule has 1 aliphatic rings. The summed E-state index contributed by atoms with van der Waals surface area (Å²) < 4.78 is 26.1. The van der Waals surface area contributed by atoms with Gasteiger partial charge in [-0.1, -0.05) is 36.4 Å². The van der Waals surface area contributed by atoms with Crippen molar-refractivity contribution in [3.05, 3.63) is 65.4 Å². The molecule has 2 aromatic carbocycles. The number of hydrogen-bond acceptors (Lipinski definition) is 3. The first-order valence-electron chi connectivity index (χ1n) is 9.69. The van der Waals surface area contributed by atoms with Crippen LogP contribution in [0.5, 0.6) is 0 Å². The number of rotatable bonds is 4. The fraction of sp³-hybridized carbons (Fsp3) is 0.318. The van der Waals surface area contributed by atoms with E-state index in [4.69, 9.17) is 0 Å². The molecule has 6 nitrogen and oxygen atoms in total. The van der Waals surface area contributed by atoms with Crippen molar-refractivity contribution in [3.63, 3.8) is 0 Å². The molecule has 1 aliphatic heterocycles. The fourth-order valence-electron chi connectivity index (χ4n) is 4.21. The Morgan fingerprint density at radius 1 is 1.17 bits per heavy atom. The van der Waals surface area contributed by atoms with Crippen LogP contribution in [0.4, 0.5) is 5.69 Å². The highest BCUT2D eigenvalue weighted by atomic mass is 32.2. The minimum Gasteiger partial charge on any atom is -0.356 e. The molecule has 152 valence electrons. The lowest BCUT2D eigenvalue weighted by Gasteiger charge is -2.35. The highest BCUT2D eigenvalue weighted by Crippen LogP contribution is 2.34. The van der Waals surface area contributed by atoms with Crippen molar-refractivity contribution in [2.45, 2.75) is 26.3 Å². The predicted octanol–water partition coefficient (Wildman–Crippen LogP) is 3.39. The number of para-hydroxylation sites is 2. The van der Waals surface area contributed by atoms with E-state index in [9.17, 15) is 13.2 Å². The highest BCUT2D eigenvalue weighted by molar-refractivity contribution is 7.92. The minimum atomic E-state index is -3.59. The van der Waals surface area contributed by atoms with Gasteiger partial charge in [-0.2, -0.15) is 0 Å². The zero-order valence-corrected chi connectivity index (χ0v) is 17.7. The number of fused-ring (bicyclic) bond motifs is 3. The topological polar surface area (TPSA) is 73.5 Å². The Labute approximate surface area is 171 Å². The molecule has 29 heavy (non-hydrogen) atoms. The normalized spacial score (nSPS) is 16.7. The lowest BCUT2D eigenvalue weighted by Crippen LogP contribution is -2.46. The molecular formula is C22H25N3O3S. The average molecular weight is 412 g/mol. The third kappa shape index (κ3) is 3.51. The molecule has 0 saturated heterocycles. The fourth-order valence-corrected chi connectivity index (χ4v) is 5.11. The van der Waals surface area contributed by atoms with Crippen molar-refractivity contribution in [2.24, 2.45) is 0 Å². The maximum absolute atomic E-state index is 13.2. The van der Waals surface area contributed by atoms with Crippen molar-refractivity contribution >= 4 is 32.5 Å². The zero-order valence-electron chi connectivity index (χ0n) is 16.8. The second kappa shape index (κ2) is 7.22. The van der Waals surface area contributed by atoms with E-state index in [0.717, 1.165) is 29.5 Å². The third-order valence-electron chi connectivity index (χ3n) is 5.72. The number of nitrogens with zero attached hydrogens (tertiary/aromatic N) is 2. The Hall–Kier alpha value is -2.80. The molecule has 0 bridgehead atoms. The number of carbonyl (C=O) groups excluding carboxylic acids is 1. The first-order valence-corrected chi connectivity index (χ1v) is 11.5. The van der Waals surface area contributed by atoms with Crippen LogP contribution in [0.1, 0.15) is 29.8 Å². The zero-order chi connectivity index (χ0) is 20.8. The molecule has 2 heterocycles. The standard InChI is InChI=1S/C22H25N3O3S/c1-15-8-4-7-11-20(15)25(29(3,27)28)14-21(26)24-13-12-18-17-9-5-6-10-19(17)23-22(18)16(24)2/h4-11,16,23H,12-14H2,1-3H3/t16-/m0/s1. The molecule has 0 unspecified atom stereocenters. The summed E-state index contributed by atoms with van der Waals surface area (Å²) in [6.45, 7) is 4.20. The number of aromatic amines is 1. The van der Waals surface area contributed by atoms with Crippen LogP contribution in [0, 0.1) is 6.92 Å². The SMILES string of the molecule is Cc1ccccc1N(CC(=O)N1CCc2c([nH]c3ccccc23)[C@@H]1C)S(C)(=O)=O. The van der Waals surface area contributed by atoms with Gasteiger partial charge in [-0.05, 0) is 43.5 Å². The second-order valence-electron chi connectivity index (χ2n) is 7.63. The van der Waals surface area contributed by atoms with Crippen LogP contribution in [0.2, 0.25) is 0 Å². The summed E-state index contributed by atoms with van der Waals surface area (Å²) >= 11 is 0. The Kier molecular flexibility index (Phi) is 4.86. The number of benzene rings is 2. The van der Waals surface area contributed by atoms with E-state index in [2.05, 4.69) is 11.1 Å². The van der Waals surface area contributed by atoms with Crippen molar-refractivity contribution in [3.8, 4) is 0 Å². The van der Waals surface area contributed by atoms with Gasteiger partial charge in [0, 0.05) is 23.1 Å². The molecule has 3 aromatic rings. The third-order valence-corrected chi connectivity index (χ3v) is 6.84. The lowest BCUT2D eigenvalue weighted by atomic mass is 9.98. The van der Waals surface area contributed by atoms with Crippen LogP contribution in [-0.4, -0.2) is 43.6 Å². The number of anilines is 1. The second-order valence-corrected chi connectivity index (χ2v) is 9.54. The van der Waals surface area contributed by atoms with Gasteiger partial charge in [0.25, 0.3) is 0 Å². The minimum absolute atomic E-state index is 0.142. The van der Waals surface area contributed by atoms with E-state index in [1.165, 1.54) is 15.3 Å². The average Bonchev–Trinajstić information content (AvgIpc) is 3.06. The van der Waals surface area contributed by atoms with Crippen molar-refractivity contribution < 1.29 is 13.2 Å². The Morgan fingerprint density at radius 3 is 2.59 bits per heavy atom. The van der Waals surface area contributed by atoms with Crippen molar-refractivity contribution in [1.82, 2.24) is 9.88 Å². The van der Waals surface area contributed by atoms with Crippen LogP contribution >= 0.6 is 0 Å². The molecule has 0 fully saturated rings. The van der Waals surface area contributed by atoms with E-state index in [1.54, 1.807) is 17.0 Å². The molecule has 7 heteroatoms. The molecule has 0 saturated carbocycles. The first-order chi connectivity index (χ1) is 13.8. The summed E-state index contributed by atoms with van der Waals surface area (Å²) in [6, 6.07) is 15.2. The number of aryl methyl sites for hydroxylation is 1.